The molecule has 1 atom stereocenters. The van der Waals surface area contributed by atoms with E-state index in [2.05, 4.69) is 51.7 Å². The Morgan fingerprint density at radius 2 is 1.29 bits per heavy atom. The molecule has 0 aliphatic carbocycles. The summed E-state index contributed by atoms with van der Waals surface area (Å²) in [6.45, 7) is 3.85. The topological polar surface area (TPSA) is 84.1 Å². The zero-order valence-electron chi connectivity index (χ0n) is 25.4. The summed E-state index contributed by atoms with van der Waals surface area (Å²) in [4.78, 5) is 34.7. The maximum Gasteiger partial charge on any atom is 0.329 e. The predicted molar refractivity (Wildman–Crippen MR) is 184 cm³/mol. The fraction of sp³-hybridized carbons (Fsp3) is 0.216. The first kappa shape index (κ1) is 32.1. The fourth-order valence-corrected chi connectivity index (χ4v) is 7.40. The summed E-state index contributed by atoms with van der Waals surface area (Å²) >= 11 is 3.10. The van der Waals surface area contributed by atoms with Crippen molar-refractivity contribution in [1.82, 2.24) is 15.3 Å². The van der Waals surface area contributed by atoms with Crippen LogP contribution < -0.4 is 5.32 Å². The number of aromatic amines is 1. The van der Waals surface area contributed by atoms with Crippen LogP contribution >= 0.6 is 23.5 Å². The zero-order valence-corrected chi connectivity index (χ0v) is 27.0. The molecule has 0 saturated carbocycles. The van der Waals surface area contributed by atoms with E-state index in [4.69, 9.17) is 4.74 Å². The molecule has 0 bridgehead atoms. The number of ether oxygens (including phenoxy) is 1. The first-order valence-corrected chi connectivity index (χ1v) is 16.8. The largest absolute Gasteiger partial charge is 0.459 e. The van der Waals surface area contributed by atoms with Gasteiger partial charge in [-0.3, -0.25) is 4.79 Å². The van der Waals surface area contributed by atoms with Crippen LogP contribution in [0.3, 0.4) is 0 Å². The molecular formula is C37H37N3O3S2. The monoisotopic (exact) mass is 635 g/mol. The number of carbonyl (C=O) groups excluding carboxylic acids is 2. The minimum atomic E-state index is -0.895. The van der Waals surface area contributed by atoms with Crippen LogP contribution in [0.1, 0.15) is 41.8 Å². The lowest BCUT2D eigenvalue weighted by molar-refractivity contribution is -0.148. The lowest BCUT2D eigenvalue weighted by Crippen LogP contribution is -2.50. The molecular weight excluding hydrogens is 599 g/mol. The molecule has 8 heteroatoms. The van der Waals surface area contributed by atoms with Crippen LogP contribution in [0.15, 0.2) is 134 Å². The molecule has 45 heavy (non-hydrogen) atoms. The van der Waals surface area contributed by atoms with Gasteiger partial charge in [0.05, 0.1) is 15.8 Å². The molecule has 0 unspecified atom stereocenters. The van der Waals surface area contributed by atoms with Gasteiger partial charge in [0.15, 0.2) is 0 Å². The van der Waals surface area contributed by atoms with E-state index in [9.17, 15) is 9.59 Å². The molecule has 2 N–H and O–H groups in total. The second-order valence-corrected chi connectivity index (χ2v) is 13.9. The van der Waals surface area contributed by atoms with Gasteiger partial charge in [0.2, 0.25) is 5.91 Å². The molecule has 230 valence electrons. The van der Waals surface area contributed by atoms with Crippen molar-refractivity contribution >= 4 is 35.4 Å². The predicted octanol–water partition coefficient (Wildman–Crippen LogP) is 7.38. The summed E-state index contributed by atoms with van der Waals surface area (Å²) in [6.07, 6.45) is 3.37. The van der Waals surface area contributed by atoms with Gasteiger partial charge in [0.1, 0.15) is 12.6 Å². The van der Waals surface area contributed by atoms with Crippen molar-refractivity contribution in [2.75, 3.05) is 5.75 Å². The van der Waals surface area contributed by atoms with Crippen molar-refractivity contribution in [3.05, 3.63) is 162 Å². The summed E-state index contributed by atoms with van der Waals surface area (Å²) in [5.74, 6) is 0.146. The van der Waals surface area contributed by atoms with Gasteiger partial charge in [-0.25, -0.2) is 9.78 Å². The number of nitrogens with zero attached hydrogens (tertiary/aromatic N) is 1. The molecule has 0 aliphatic rings. The van der Waals surface area contributed by atoms with Gasteiger partial charge in [-0.2, -0.15) is 0 Å². The van der Waals surface area contributed by atoms with Crippen LogP contribution in [0.25, 0.3) is 0 Å². The third-order valence-electron chi connectivity index (χ3n) is 7.51. The van der Waals surface area contributed by atoms with E-state index in [-0.39, 0.29) is 18.3 Å². The van der Waals surface area contributed by atoms with Crippen molar-refractivity contribution in [1.29, 1.82) is 0 Å². The Bertz CT molecular complexity index is 1540. The van der Waals surface area contributed by atoms with Gasteiger partial charge in [-0.15, -0.1) is 23.5 Å². The first-order valence-electron chi connectivity index (χ1n) is 14.8. The third-order valence-corrected chi connectivity index (χ3v) is 10.5. The number of rotatable bonds is 14. The SMILES string of the molecule is CC(C)(SCc1cnc[nH]1)C(=O)N[C@@H](CSC(c1ccccc1)(c1ccccc1)c1ccccc1)C(=O)OCc1ccccc1. The number of esters is 1. The molecule has 5 rings (SSSR count). The van der Waals surface area contributed by atoms with Crippen LogP contribution in [-0.4, -0.2) is 38.4 Å². The number of amides is 1. The number of benzene rings is 4. The number of hydrogen-bond donors (Lipinski definition) is 2. The summed E-state index contributed by atoms with van der Waals surface area (Å²) in [5, 5.41) is 3.07. The number of nitrogens with one attached hydrogen (secondary N) is 2. The highest BCUT2D eigenvalue weighted by atomic mass is 32.2. The third kappa shape index (κ3) is 8.07. The molecule has 4 aromatic carbocycles. The number of hydrogen-bond acceptors (Lipinski definition) is 6. The van der Waals surface area contributed by atoms with E-state index in [1.54, 1.807) is 24.3 Å². The van der Waals surface area contributed by atoms with Gasteiger partial charge < -0.3 is 15.0 Å². The molecule has 0 radical (unpaired) electrons. The Morgan fingerprint density at radius 1 is 0.778 bits per heavy atom. The zero-order chi connectivity index (χ0) is 31.5. The summed E-state index contributed by atoms with van der Waals surface area (Å²) in [7, 11) is 0. The lowest BCUT2D eigenvalue weighted by Gasteiger charge is -2.36. The van der Waals surface area contributed by atoms with Gasteiger partial charge in [-0.1, -0.05) is 121 Å². The molecule has 1 aromatic heterocycles. The molecule has 6 nitrogen and oxygen atoms in total. The van der Waals surface area contributed by atoms with Crippen LogP contribution in [0.4, 0.5) is 0 Å². The molecule has 1 amide bonds. The summed E-state index contributed by atoms with van der Waals surface area (Å²) in [6, 6.07) is 39.5. The number of imidazole rings is 1. The molecule has 0 saturated heterocycles. The summed E-state index contributed by atoms with van der Waals surface area (Å²) < 4.78 is 4.35. The Labute approximate surface area is 273 Å². The van der Waals surface area contributed by atoms with Crippen molar-refractivity contribution in [3.63, 3.8) is 0 Å². The van der Waals surface area contributed by atoms with E-state index < -0.39 is 21.5 Å². The lowest BCUT2D eigenvalue weighted by atomic mass is 9.84. The number of carbonyl (C=O) groups is 2. The quantitative estimate of drug-likeness (QED) is 0.0979. The fourth-order valence-electron chi connectivity index (χ4n) is 4.99. The summed E-state index contributed by atoms with van der Waals surface area (Å²) in [5.41, 5.74) is 5.03. The molecule has 0 aliphatic heterocycles. The highest BCUT2D eigenvalue weighted by Gasteiger charge is 2.40. The minimum Gasteiger partial charge on any atom is -0.459 e. The van der Waals surface area contributed by atoms with E-state index in [0.29, 0.717) is 5.75 Å². The van der Waals surface area contributed by atoms with Crippen molar-refractivity contribution in [2.24, 2.45) is 0 Å². The second kappa shape index (κ2) is 15.1. The maximum absolute atomic E-state index is 13.8. The standard InChI is InChI=1S/C37H37N3O3S2/c1-36(2,44-25-32-23-38-27-39-32)35(42)40-33(34(41)43-24-28-15-7-3-8-16-28)26-45-37(29-17-9-4-10-18-29,30-19-11-5-12-20-30)31-21-13-6-14-22-31/h3-23,27,33H,24-26H2,1-2H3,(H,38,39)(H,40,42)/t33-/m0/s1. The molecule has 5 aromatic rings. The smallest absolute Gasteiger partial charge is 0.329 e. The van der Waals surface area contributed by atoms with E-state index in [1.807, 2.05) is 98.8 Å². The Balaban J connectivity index is 1.46. The van der Waals surface area contributed by atoms with Gasteiger partial charge in [-0.05, 0) is 36.1 Å². The number of thioether (sulfide) groups is 2. The number of H-pyrrole nitrogens is 1. The first-order chi connectivity index (χ1) is 21.9. The Hall–Kier alpha value is -4.27. The Kier molecular flexibility index (Phi) is 10.8. The van der Waals surface area contributed by atoms with Crippen molar-refractivity contribution in [2.45, 2.75) is 41.7 Å². The normalized spacial score (nSPS) is 12.3. The van der Waals surface area contributed by atoms with Crippen LogP contribution in [-0.2, 0) is 31.4 Å². The number of aromatic nitrogens is 2. The highest BCUT2D eigenvalue weighted by molar-refractivity contribution is 8.01. The minimum absolute atomic E-state index is 0.121. The van der Waals surface area contributed by atoms with Gasteiger partial charge in [0.25, 0.3) is 0 Å². The van der Waals surface area contributed by atoms with Crippen LogP contribution in [0.5, 0.6) is 0 Å². The van der Waals surface area contributed by atoms with E-state index in [1.165, 1.54) is 11.8 Å². The molecule has 0 fully saturated rings. The van der Waals surface area contributed by atoms with Crippen molar-refractivity contribution < 1.29 is 14.3 Å². The maximum atomic E-state index is 13.8. The van der Waals surface area contributed by atoms with Gasteiger partial charge >= 0.3 is 5.97 Å². The Morgan fingerprint density at radius 3 is 1.78 bits per heavy atom. The molecule has 0 spiro atoms. The van der Waals surface area contributed by atoms with Crippen LogP contribution in [0, 0.1) is 0 Å². The van der Waals surface area contributed by atoms with Crippen molar-refractivity contribution in [3.8, 4) is 0 Å². The van der Waals surface area contributed by atoms with E-state index in [0.717, 1.165) is 27.9 Å². The average Bonchev–Trinajstić information content (AvgIpc) is 3.62. The second-order valence-electron chi connectivity index (χ2n) is 11.1. The van der Waals surface area contributed by atoms with Gasteiger partial charge in [0, 0.05) is 23.4 Å². The van der Waals surface area contributed by atoms with E-state index >= 15 is 0 Å². The molecule has 1 heterocycles. The average molecular weight is 636 g/mol. The van der Waals surface area contributed by atoms with Crippen LogP contribution in [0.2, 0.25) is 0 Å². The highest BCUT2D eigenvalue weighted by Crippen LogP contribution is 2.48.